The molecule has 1 amide bonds. The molecule has 3 N–H and O–H groups in total. The zero-order valence-electron chi connectivity index (χ0n) is 13.7. The van der Waals surface area contributed by atoms with Gasteiger partial charge in [0.25, 0.3) is 0 Å². The first kappa shape index (κ1) is 16.7. The average Bonchev–Trinajstić information content (AvgIpc) is 2.50. The number of piperidine rings is 2. The third-order valence-electron chi connectivity index (χ3n) is 5.16. The Bertz CT molecular complexity index is 336. The molecule has 0 saturated carbocycles. The van der Waals surface area contributed by atoms with Gasteiger partial charge in [-0.3, -0.25) is 9.69 Å². The Morgan fingerprint density at radius 1 is 1.38 bits per heavy atom. The third-order valence-corrected chi connectivity index (χ3v) is 5.16. The number of nitrogens with two attached hydrogens (primary N) is 1. The molecule has 5 nitrogen and oxygen atoms in total. The van der Waals surface area contributed by atoms with Crippen molar-refractivity contribution in [2.24, 2.45) is 11.7 Å². The first-order valence-electron chi connectivity index (χ1n) is 8.56. The van der Waals surface area contributed by atoms with Gasteiger partial charge < -0.3 is 16.0 Å². The Morgan fingerprint density at radius 2 is 2.19 bits per heavy atom. The van der Waals surface area contributed by atoms with E-state index in [1.54, 1.807) is 0 Å². The minimum Gasteiger partial charge on any atom is -0.356 e. The second-order valence-corrected chi connectivity index (χ2v) is 6.68. The fraction of sp³-hybridized carbons (Fsp3) is 0.938. The smallest absolute Gasteiger partial charge is 0.221 e. The number of hydrogen-bond acceptors (Lipinski definition) is 4. The largest absolute Gasteiger partial charge is 0.356 e. The molecule has 3 atom stereocenters. The molecule has 2 saturated heterocycles. The van der Waals surface area contributed by atoms with Crippen LogP contribution in [-0.4, -0.2) is 67.6 Å². The molecule has 2 heterocycles. The van der Waals surface area contributed by atoms with E-state index in [-0.39, 0.29) is 11.9 Å². The highest BCUT2D eigenvalue weighted by molar-refractivity contribution is 5.76. The zero-order chi connectivity index (χ0) is 15.2. The van der Waals surface area contributed by atoms with Crippen LogP contribution in [0.2, 0.25) is 0 Å². The van der Waals surface area contributed by atoms with Crippen LogP contribution in [0.4, 0.5) is 0 Å². The maximum atomic E-state index is 11.9. The molecule has 122 valence electrons. The molecular weight excluding hydrogens is 264 g/mol. The van der Waals surface area contributed by atoms with Crippen LogP contribution in [0, 0.1) is 5.92 Å². The molecule has 0 aromatic carbocycles. The molecule has 5 heteroatoms. The summed E-state index contributed by atoms with van der Waals surface area (Å²) in [5.41, 5.74) is 5.94. The normalized spacial score (nSPS) is 28.9. The first-order chi connectivity index (χ1) is 10.2. The summed E-state index contributed by atoms with van der Waals surface area (Å²) in [6, 6.07) is 0.942. The van der Waals surface area contributed by atoms with E-state index in [1.165, 1.54) is 25.8 Å². The Morgan fingerprint density at radius 3 is 2.90 bits per heavy atom. The fourth-order valence-corrected chi connectivity index (χ4v) is 3.92. The van der Waals surface area contributed by atoms with E-state index >= 15 is 0 Å². The highest BCUT2D eigenvalue weighted by Gasteiger charge is 2.36. The maximum Gasteiger partial charge on any atom is 0.221 e. The lowest BCUT2D eigenvalue weighted by Crippen LogP contribution is -2.56. The van der Waals surface area contributed by atoms with Crippen LogP contribution >= 0.6 is 0 Å². The number of nitrogens with one attached hydrogen (secondary N) is 1. The molecule has 0 bridgehead atoms. The Hall–Kier alpha value is -0.650. The molecule has 3 unspecified atom stereocenters. The van der Waals surface area contributed by atoms with Crippen molar-refractivity contribution in [1.82, 2.24) is 15.1 Å². The van der Waals surface area contributed by atoms with Crippen molar-refractivity contribution in [2.75, 3.05) is 39.8 Å². The highest BCUT2D eigenvalue weighted by Crippen LogP contribution is 2.30. The molecule has 2 aliphatic heterocycles. The van der Waals surface area contributed by atoms with Gasteiger partial charge in [0.2, 0.25) is 5.91 Å². The van der Waals surface area contributed by atoms with Crippen LogP contribution in [-0.2, 0) is 4.79 Å². The molecular formula is C16H32N4O. The van der Waals surface area contributed by atoms with Gasteiger partial charge in [0, 0.05) is 44.7 Å². The number of nitrogens with zero attached hydrogens (tertiary/aromatic N) is 2. The van der Waals surface area contributed by atoms with E-state index in [2.05, 4.69) is 29.1 Å². The lowest BCUT2D eigenvalue weighted by molar-refractivity contribution is -0.122. The third kappa shape index (κ3) is 4.41. The van der Waals surface area contributed by atoms with E-state index in [9.17, 15) is 4.79 Å². The van der Waals surface area contributed by atoms with Gasteiger partial charge in [0.1, 0.15) is 0 Å². The predicted octanol–water partition coefficient (Wildman–Crippen LogP) is 0.646. The van der Waals surface area contributed by atoms with Crippen LogP contribution in [0.15, 0.2) is 0 Å². The van der Waals surface area contributed by atoms with Crippen LogP contribution in [0.25, 0.3) is 0 Å². The summed E-state index contributed by atoms with van der Waals surface area (Å²) in [7, 11) is 2.26. The molecule has 0 spiro atoms. The molecule has 0 radical (unpaired) electrons. The van der Waals surface area contributed by atoms with Gasteiger partial charge in [-0.15, -0.1) is 0 Å². The van der Waals surface area contributed by atoms with Crippen molar-refractivity contribution in [1.29, 1.82) is 0 Å². The molecule has 0 aromatic rings. The van der Waals surface area contributed by atoms with Crippen LogP contribution in [0.1, 0.15) is 39.0 Å². The van der Waals surface area contributed by atoms with Crippen molar-refractivity contribution >= 4 is 5.91 Å². The standard InChI is InChI=1S/C16H32N4O/c1-3-7-18-16(21)10-14(11-17)20-9-6-15-13(12-20)5-4-8-19(15)2/h13-15H,3-12,17H2,1-2H3,(H,18,21). The molecule has 2 fully saturated rings. The van der Waals surface area contributed by atoms with Crippen molar-refractivity contribution in [3.05, 3.63) is 0 Å². The topological polar surface area (TPSA) is 61.6 Å². The summed E-state index contributed by atoms with van der Waals surface area (Å²) < 4.78 is 0. The SMILES string of the molecule is CCCNC(=O)CC(CN)N1CCC2C(CCCN2C)C1. The molecule has 0 aromatic heterocycles. The van der Waals surface area contributed by atoms with E-state index in [4.69, 9.17) is 5.73 Å². The van der Waals surface area contributed by atoms with Crippen molar-refractivity contribution in [3.8, 4) is 0 Å². The van der Waals surface area contributed by atoms with Crippen molar-refractivity contribution in [2.45, 2.75) is 51.1 Å². The summed E-state index contributed by atoms with van der Waals surface area (Å²) in [4.78, 5) is 16.9. The quantitative estimate of drug-likeness (QED) is 0.755. The van der Waals surface area contributed by atoms with E-state index in [0.717, 1.165) is 38.0 Å². The van der Waals surface area contributed by atoms with Gasteiger partial charge in [-0.1, -0.05) is 6.92 Å². The summed E-state index contributed by atoms with van der Waals surface area (Å²) in [5, 5.41) is 2.97. The van der Waals surface area contributed by atoms with E-state index in [0.29, 0.717) is 13.0 Å². The lowest BCUT2D eigenvalue weighted by atomic mass is 9.83. The van der Waals surface area contributed by atoms with Gasteiger partial charge in [-0.25, -0.2) is 0 Å². The van der Waals surface area contributed by atoms with E-state index in [1.807, 2.05) is 0 Å². The molecule has 2 aliphatic rings. The number of hydrogen-bond donors (Lipinski definition) is 2. The number of rotatable bonds is 6. The Labute approximate surface area is 129 Å². The van der Waals surface area contributed by atoms with Crippen molar-refractivity contribution in [3.63, 3.8) is 0 Å². The summed E-state index contributed by atoms with van der Waals surface area (Å²) in [6.45, 7) is 6.84. The van der Waals surface area contributed by atoms with Crippen LogP contribution in [0.5, 0.6) is 0 Å². The molecule has 0 aliphatic carbocycles. The zero-order valence-corrected chi connectivity index (χ0v) is 13.7. The Balaban J connectivity index is 1.86. The minimum atomic E-state index is 0.148. The van der Waals surface area contributed by atoms with Gasteiger partial charge in [0.05, 0.1) is 0 Å². The van der Waals surface area contributed by atoms with Gasteiger partial charge >= 0.3 is 0 Å². The number of carbonyl (C=O) groups excluding carboxylic acids is 1. The number of likely N-dealkylation sites (tertiary alicyclic amines) is 2. The first-order valence-corrected chi connectivity index (χ1v) is 8.56. The minimum absolute atomic E-state index is 0.148. The summed E-state index contributed by atoms with van der Waals surface area (Å²) >= 11 is 0. The van der Waals surface area contributed by atoms with Crippen LogP contribution < -0.4 is 11.1 Å². The summed E-state index contributed by atoms with van der Waals surface area (Å²) in [5.74, 6) is 0.903. The second kappa shape index (κ2) is 8.11. The number of amides is 1. The molecule has 2 rings (SSSR count). The lowest BCUT2D eigenvalue weighted by Gasteiger charge is -2.47. The van der Waals surface area contributed by atoms with Gasteiger partial charge in [-0.05, 0) is 45.2 Å². The number of fused-ring (bicyclic) bond motifs is 1. The predicted molar refractivity (Wildman–Crippen MR) is 86.1 cm³/mol. The van der Waals surface area contributed by atoms with Crippen LogP contribution in [0.3, 0.4) is 0 Å². The van der Waals surface area contributed by atoms with E-state index < -0.39 is 0 Å². The second-order valence-electron chi connectivity index (χ2n) is 6.68. The molecule has 21 heavy (non-hydrogen) atoms. The monoisotopic (exact) mass is 296 g/mol. The summed E-state index contributed by atoms with van der Waals surface area (Å²) in [6.07, 6.45) is 5.37. The average molecular weight is 296 g/mol. The maximum absolute atomic E-state index is 11.9. The van der Waals surface area contributed by atoms with Gasteiger partial charge in [-0.2, -0.15) is 0 Å². The fourth-order valence-electron chi connectivity index (χ4n) is 3.92. The van der Waals surface area contributed by atoms with Crippen molar-refractivity contribution < 1.29 is 4.79 Å². The number of carbonyl (C=O) groups is 1. The highest BCUT2D eigenvalue weighted by atomic mass is 16.1. The Kier molecular flexibility index (Phi) is 6.45. The van der Waals surface area contributed by atoms with Gasteiger partial charge in [0.15, 0.2) is 0 Å².